The van der Waals surface area contributed by atoms with E-state index in [1.807, 2.05) is 36.1 Å². The van der Waals surface area contributed by atoms with E-state index in [2.05, 4.69) is 0 Å². The summed E-state index contributed by atoms with van der Waals surface area (Å²) >= 11 is 0. The number of carbonyl (C=O) groups is 2. The van der Waals surface area contributed by atoms with Crippen LogP contribution in [0.1, 0.15) is 23.7 Å². The molecule has 0 bridgehead atoms. The maximum Gasteiger partial charge on any atom is 0.410 e. The number of hydrogen-bond donors (Lipinski definition) is 1. The van der Waals surface area contributed by atoms with E-state index in [-0.39, 0.29) is 11.7 Å². The molecule has 1 atom stereocenters. The first-order chi connectivity index (χ1) is 14.0. The number of aromatic carboxylic acids is 1. The fraction of sp³-hybridized carbons (Fsp3) is 0.381. The Morgan fingerprint density at radius 2 is 2.00 bits per heavy atom. The molecule has 0 spiro atoms. The van der Waals surface area contributed by atoms with E-state index < -0.39 is 11.5 Å². The molecule has 1 aromatic carbocycles. The molecule has 2 aliphatic rings. The number of carboxylic acids is 1. The van der Waals surface area contributed by atoms with Crippen molar-refractivity contribution >= 4 is 17.9 Å². The van der Waals surface area contributed by atoms with Gasteiger partial charge in [0.05, 0.1) is 18.3 Å². The number of piperazine rings is 1. The summed E-state index contributed by atoms with van der Waals surface area (Å²) in [6.45, 7) is 3.77. The van der Waals surface area contributed by atoms with Crippen molar-refractivity contribution in [2.75, 3.05) is 38.3 Å². The van der Waals surface area contributed by atoms with Gasteiger partial charge >= 0.3 is 12.1 Å². The van der Waals surface area contributed by atoms with Crippen LogP contribution in [0.15, 0.2) is 36.4 Å². The van der Waals surface area contributed by atoms with Gasteiger partial charge in [0, 0.05) is 25.2 Å². The Labute approximate surface area is 168 Å². The van der Waals surface area contributed by atoms with Gasteiger partial charge in [-0.15, -0.1) is 0 Å². The zero-order chi connectivity index (χ0) is 20.6. The fourth-order valence-corrected chi connectivity index (χ4v) is 4.02. The Morgan fingerprint density at radius 1 is 1.24 bits per heavy atom. The average molecular weight is 397 g/mol. The molecular weight excluding hydrogens is 374 g/mol. The Balaban J connectivity index is 1.71. The molecule has 152 valence electrons. The van der Waals surface area contributed by atoms with Crippen LogP contribution in [0, 0.1) is 0 Å². The Kier molecular flexibility index (Phi) is 4.77. The number of carbonyl (C=O) groups excluding carboxylic acids is 1. The van der Waals surface area contributed by atoms with E-state index >= 15 is 0 Å². The average Bonchev–Trinajstić information content (AvgIpc) is 3.10. The number of rotatable bonds is 5. The third kappa shape index (κ3) is 3.24. The highest BCUT2D eigenvalue weighted by Crippen LogP contribution is 2.35. The molecule has 0 aliphatic carbocycles. The molecule has 0 saturated carbocycles. The number of cyclic esters (lactones) is 1. The molecule has 3 heterocycles. The molecule has 8 nitrogen and oxygen atoms in total. The third-order valence-corrected chi connectivity index (χ3v) is 5.78. The monoisotopic (exact) mass is 397 g/mol. The predicted molar refractivity (Wildman–Crippen MR) is 106 cm³/mol. The first-order valence-corrected chi connectivity index (χ1v) is 9.55. The molecule has 2 aliphatic heterocycles. The predicted octanol–water partition coefficient (Wildman–Crippen LogP) is 2.88. The van der Waals surface area contributed by atoms with Crippen molar-refractivity contribution in [1.82, 2.24) is 9.88 Å². The number of carboxylic acid groups (broad SMARTS) is 1. The summed E-state index contributed by atoms with van der Waals surface area (Å²) in [7, 11) is 1.60. The number of ether oxygens (including phenoxy) is 2. The molecule has 29 heavy (non-hydrogen) atoms. The normalized spacial score (nSPS) is 21.0. The van der Waals surface area contributed by atoms with Crippen LogP contribution < -0.4 is 9.64 Å². The fourth-order valence-electron chi connectivity index (χ4n) is 4.02. The second-order valence-corrected chi connectivity index (χ2v) is 7.31. The highest BCUT2D eigenvalue weighted by atomic mass is 16.6. The van der Waals surface area contributed by atoms with Crippen molar-refractivity contribution < 1.29 is 24.2 Å². The number of fused-ring (bicyclic) bond motifs is 1. The molecule has 1 aromatic heterocycles. The SMILES string of the molecule is CCC12COC(=O)N1CCN(c1nc(-c3ccc(OC)cc3)ccc1C(=O)O)C2. The summed E-state index contributed by atoms with van der Waals surface area (Å²) < 4.78 is 10.5. The van der Waals surface area contributed by atoms with Crippen molar-refractivity contribution in [2.24, 2.45) is 0 Å². The van der Waals surface area contributed by atoms with Gasteiger partial charge in [-0.3, -0.25) is 4.90 Å². The second-order valence-electron chi connectivity index (χ2n) is 7.31. The minimum atomic E-state index is -1.03. The lowest BCUT2D eigenvalue weighted by Gasteiger charge is -2.45. The molecule has 0 radical (unpaired) electrons. The maximum absolute atomic E-state index is 12.0. The van der Waals surface area contributed by atoms with Gasteiger partial charge in [-0.2, -0.15) is 0 Å². The number of methoxy groups -OCH3 is 1. The van der Waals surface area contributed by atoms with E-state index in [1.165, 1.54) is 0 Å². The molecular formula is C21H23N3O5. The molecule has 1 N–H and O–H groups in total. The number of amides is 1. The summed E-state index contributed by atoms with van der Waals surface area (Å²) in [6, 6.07) is 10.8. The van der Waals surface area contributed by atoms with Crippen LogP contribution in [0.3, 0.4) is 0 Å². The van der Waals surface area contributed by atoms with Crippen LogP contribution >= 0.6 is 0 Å². The van der Waals surface area contributed by atoms with Gasteiger partial charge in [-0.25, -0.2) is 14.6 Å². The van der Waals surface area contributed by atoms with Crippen LogP contribution in [0.4, 0.5) is 10.6 Å². The van der Waals surface area contributed by atoms with Crippen LogP contribution in [0.25, 0.3) is 11.3 Å². The van der Waals surface area contributed by atoms with E-state index in [0.717, 1.165) is 17.7 Å². The van der Waals surface area contributed by atoms with Crippen molar-refractivity contribution in [3.63, 3.8) is 0 Å². The lowest BCUT2D eigenvalue weighted by Crippen LogP contribution is -2.61. The van der Waals surface area contributed by atoms with E-state index in [0.29, 0.717) is 37.8 Å². The second kappa shape index (κ2) is 7.27. The molecule has 8 heteroatoms. The highest BCUT2D eigenvalue weighted by molar-refractivity contribution is 5.94. The van der Waals surface area contributed by atoms with Gasteiger partial charge in [0.15, 0.2) is 0 Å². The third-order valence-electron chi connectivity index (χ3n) is 5.78. The number of anilines is 1. The van der Waals surface area contributed by atoms with Gasteiger partial charge in [0.2, 0.25) is 0 Å². The van der Waals surface area contributed by atoms with E-state index in [4.69, 9.17) is 14.5 Å². The molecule has 2 fully saturated rings. The van der Waals surface area contributed by atoms with Crippen molar-refractivity contribution in [2.45, 2.75) is 18.9 Å². The molecule has 1 unspecified atom stereocenters. The number of pyridine rings is 1. The Bertz CT molecular complexity index is 946. The van der Waals surface area contributed by atoms with E-state index in [9.17, 15) is 14.7 Å². The maximum atomic E-state index is 12.0. The smallest absolute Gasteiger partial charge is 0.410 e. The van der Waals surface area contributed by atoms with Crippen molar-refractivity contribution in [3.05, 3.63) is 42.0 Å². The largest absolute Gasteiger partial charge is 0.497 e. The highest BCUT2D eigenvalue weighted by Gasteiger charge is 2.50. The van der Waals surface area contributed by atoms with Gasteiger partial charge in [0.1, 0.15) is 23.7 Å². The summed E-state index contributed by atoms with van der Waals surface area (Å²) in [5.41, 5.74) is 1.24. The van der Waals surface area contributed by atoms with Gasteiger partial charge in [0.25, 0.3) is 0 Å². The van der Waals surface area contributed by atoms with Gasteiger partial charge in [-0.05, 0) is 42.8 Å². The minimum absolute atomic E-state index is 0.146. The summed E-state index contributed by atoms with van der Waals surface area (Å²) in [4.78, 5) is 32.3. The van der Waals surface area contributed by atoms with Crippen molar-refractivity contribution in [3.8, 4) is 17.0 Å². The zero-order valence-electron chi connectivity index (χ0n) is 16.4. The first-order valence-electron chi connectivity index (χ1n) is 9.55. The minimum Gasteiger partial charge on any atom is -0.497 e. The van der Waals surface area contributed by atoms with Gasteiger partial charge in [-0.1, -0.05) is 6.92 Å². The number of benzene rings is 1. The van der Waals surface area contributed by atoms with Crippen LogP contribution in [0.5, 0.6) is 5.75 Å². The van der Waals surface area contributed by atoms with Crippen LogP contribution in [0.2, 0.25) is 0 Å². The zero-order valence-corrected chi connectivity index (χ0v) is 16.4. The van der Waals surface area contributed by atoms with Crippen molar-refractivity contribution in [1.29, 1.82) is 0 Å². The number of aromatic nitrogens is 1. The standard InChI is InChI=1S/C21H23N3O5/c1-3-21-12-23(10-11-24(21)20(27)29-13-21)18-16(19(25)26)8-9-17(22-18)14-4-6-15(28-2)7-5-14/h4-9H,3,10-13H2,1-2H3,(H,25,26). The van der Waals surface area contributed by atoms with Crippen LogP contribution in [-0.2, 0) is 4.74 Å². The number of hydrogen-bond acceptors (Lipinski definition) is 6. The molecule has 1 amide bonds. The number of nitrogens with zero attached hydrogens (tertiary/aromatic N) is 3. The molecule has 2 saturated heterocycles. The molecule has 2 aromatic rings. The Morgan fingerprint density at radius 3 is 2.66 bits per heavy atom. The summed E-state index contributed by atoms with van der Waals surface area (Å²) in [5, 5.41) is 9.70. The lowest BCUT2D eigenvalue weighted by molar-refractivity contribution is 0.0696. The topological polar surface area (TPSA) is 92.2 Å². The lowest BCUT2D eigenvalue weighted by atomic mass is 9.92. The van der Waals surface area contributed by atoms with Gasteiger partial charge < -0.3 is 19.5 Å². The quantitative estimate of drug-likeness (QED) is 0.829. The van der Waals surface area contributed by atoms with Crippen LogP contribution in [-0.4, -0.2) is 65.9 Å². The van der Waals surface area contributed by atoms with E-state index in [1.54, 1.807) is 24.1 Å². The molecule has 4 rings (SSSR count). The first kappa shape index (κ1) is 19.0. The summed E-state index contributed by atoms with van der Waals surface area (Å²) in [6.07, 6.45) is 0.417. The summed E-state index contributed by atoms with van der Waals surface area (Å²) in [5.74, 6) is 0.126. The Hall–Kier alpha value is -3.29.